The summed E-state index contributed by atoms with van der Waals surface area (Å²) >= 11 is 0. The van der Waals surface area contributed by atoms with Gasteiger partial charge in [-0.3, -0.25) is 4.57 Å². The molecule has 4 heterocycles. The van der Waals surface area contributed by atoms with Crippen molar-refractivity contribution < 1.29 is 0 Å². The third kappa shape index (κ3) is 5.57. The van der Waals surface area contributed by atoms with Crippen LogP contribution in [0.25, 0.3) is 116 Å². The molecule has 5 heteroatoms. The van der Waals surface area contributed by atoms with Crippen LogP contribution in [0.2, 0.25) is 0 Å². The lowest BCUT2D eigenvalue weighted by atomic mass is 10.0. The zero-order valence-corrected chi connectivity index (χ0v) is 34.1. The first-order valence-corrected chi connectivity index (χ1v) is 21.4. The Balaban J connectivity index is 1.08. The Hall–Kier alpha value is -8.54. The first kappa shape index (κ1) is 35.2. The fraction of sp³-hybridized carbons (Fsp3) is 0. The molecular weight excluding hydrogens is 767 g/mol. The van der Waals surface area contributed by atoms with Crippen molar-refractivity contribution >= 4 is 65.4 Å². The molecule has 4 aromatic heterocycles. The summed E-state index contributed by atoms with van der Waals surface area (Å²) in [5.74, 6) is 0.618. The molecule has 0 unspecified atom stereocenters. The number of hydrogen-bond donors (Lipinski definition) is 0. The summed E-state index contributed by atoms with van der Waals surface area (Å²) in [5, 5.41) is 7.18. The molecule has 0 bridgehead atoms. The van der Waals surface area contributed by atoms with Gasteiger partial charge in [0.25, 0.3) is 0 Å². The predicted molar refractivity (Wildman–Crippen MR) is 261 cm³/mol. The highest BCUT2D eigenvalue weighted by atomic mass is 15.2. The standard InChI is InChI=1S/C58H37N5/c1-3-15-38(16-4-1)39-27-29-41(30-28-39)51-37-50(40-17-5-2-6-18-40)59-58(60-51)63-56-33-31-42(61-52-23-11-7-19-44(52)45-20-8-12-24-53(45)61)35-48(56)49-36-43(32-34-57(49)63)62-54-25-13-9-21-46(54)47-22-10-14-26-55(47)62/h1-37H. The van der Waals surface area contributed by atoms with E-state index in [-0.39, 0.29) is 0 Å². The van der Waals surface area contributed by atoms with E-state index < -0.39 is 0 Å². The van der Waals surface area contributed by atoms with Gasteiger partial charge < -0.3 is 9.13 Å². The molecule has 63 heavy (non-hydrogen) atoms. The van der Waals surface area contributed by atoms with Crippen LogP contribution in [0.1, 0.15) is 0 Å². The highest BCUT2D eigenvalue weighted by molar-refractivity contribution is 6.14. The van der Waals surface area contributed by atoms with E-state index in [0.29, 0.717) is 5.95 Å². The Labute approximate surface area is 363 Å². The van der Waals surface area contributed by atoms with Gasteiger partial charge in [-0.15, -0.1) is 0 Å². The maximum absolute atomic E-state index is 5.42. The van der Waals surface area contributed by atoms with Gasteiger partial charge in [-0.05, 0) is 77.9 Å². The Morgan fingerprint density at radius 1 is 0.238 bits per heavy atom. The van der Waals surface area contributed by atoms with Crippen molar-refractivity contribution in [1.29, 1.82) is 0 Å². The summed E-state index contributed by atoms with van der Waals surface area (Å²) in [5.41, 5.74) is 15.1. The lowest BCUT2D eigenvalue weighted by Gasteiger charge is -2.13. The normalized spacial score (nSPS) is 11.8. The predicted octanol–water partition coefficient (Wildman–Crippen LogP) is 14.8. The maximum Gasteiger partial charge on any atom is 0.235 e. The van der Waals surface area contributed by atoms with Gasteiger partial charge >= 0.3 is 0 Å². The van der Waals surface area contributed by atoms with Crippen molar-refractivity contribution in [2.24, 2.45) is 0 Å². The Morgan fingerprint density at radius 3 is 1.02 bits per heavy atom. The van der Waals surface area contributed by atoms with Crippen LogP contribution in [0.15, 0.2) is 224 Å². The number of benzene rings is 9. The summed E-state index contributed by atoms with van der Waals surface area (Å²) in [6, 6.07) is 80.3. The van der Waals surface area contributed by atoms with Crippen LogP contribution in [0, 0.1) is 0 Å². The van der Waals surface area contributed by atoms with E-state index in [4.69, 9.17) is 9.97 Å². The Bertz CT molecular complexity index is 3620. The monoisotopic (exact) mass is 803 g/mol. The zero-order valence-electron chi connectivity index (χ0n) is 34.1. The molecule has 0 atom stereocenters. The van der Waals surface area contributed by atoms with Crippen LogP contribution in [0.4, 0.5) is 0 Å². The third-order valence-corrected chi connectivity index (χ3v) is 12.7. The summed E-state index contributed by atoms with van der Waals surface area (Å²) in [7, 11) is 0. The average Bonchev–Trinajstić information content (AvgIpc) is 4.00. The van der Waals surface area contributed by atoms with E-state index in [2.05, 4.69) is 232 Å². The van der Waals surface area contributed by atoms with E-state index >= 15 is 0 Å². The lowest BCUT2D eigenvalue weighted by Crippen LogP contribution is -2.04. The van der Waals surface area contributed by atoms with Gasteiger partial charge in [-0.1, -0.05) is 158 Å². The fourth-order valence-electron chi connectivity index (χ4n) is 9.80. The van der Waals surface area contributed by atoms with E-state index in [0.717, 1.165) is 61.3 Å². The van der Waals surface area contributed by atoms with Crippen molar-refractivity contribution in [2.45, 2.75) is 0 Å². The van der Waals surface area contributed by atoms with Crippen molar-refractivity contribution in [3.8, 4) is 51.0 Å². The summed E-state index contributed by atoms with van der Waals surface area (Å²) in [6.07, 6.45) is 0. The lowest BCUT2D eigenvalue weighted by molar-refractivity contribution is 0.995. The molecule has 0 radical (unpaired) electrons. The number of para-hydroxylation sites is 4. The first-order valence-electron chi connectivity index (χ1n) is 21.4. The van der Waals surface area contributed by atoms with Crippen LogP contribution in [0.3, 0.4) is 0 Å². The summed E-state index contributed by atoms with van der Waals surface area (Å²) in [6.45, 7) is 0. The highest BCUT2D eigenvalue weighted by Gasteiger charge is 2.21. The van der Waals surface area contributed by atoms with Crippen LogP contribution in [0.5, 0.6) is 0 Å². The SMILES string of the molecule is c1ccc(-c2ccc(-c3cc(-c4ccccc4)nc(-n4c5ccc(-n6c7ccccc7c7ccccc76)cc5c5cc(-n6c7ccccc7c7ccccc76)ccc54)n3)cc2)cc1. The zero-order chi connectivity index (χ0) is 41.4. The van der Waals surface area contributed by atoms with Gasteiger partial charge in [0, 0.05) is 54.8 Å². The van der Waals surface area contributed by atoms with Gasteiger partial charge in [0.15, 0.2) is 0 Å². The van der Waals surface area contributed by atoms with Gasteiger partial charge in [0.1, 0.15) is 0 Å². The number of aromatic nitrogens is 5. The van der Waals surface area contributed by atoms with Gasteiger partial charge in [0.2, 0.25) is 5.95 Å². The number of nitrogens with zero attached hydrogens (tertiary/aromatic N) is 5. The van der Waals surface area contributed by atoms with Crippen molar-refractivity contribution in [3.05, 3.63) is 224 Å². The molecule has 0 saturated carbocycles. The largest absolute Gasteiger partial charge is 0.309 e. The number of rotatable bonds is 6. The second-order valence-electron chi connectivity index (χ2n) is 16.2. The first-order chi connectivity index (χ1) is 31.2. The maximum atomic E-state index is 5.42. The molecule has 0 spiro atoms. The molecule has 0 aliphatic heterocycles. The van der Waals surface area contributed by atoms with Crippen LogP contribution in [-0.4, -0.2) is 23.7 Å². The van der Waals surface area contributed by atoms with Gasteiger partial charge in [0.05, 0.1) is 44.5 Å². The minimum atomic E-state index is 0.618. The molecule has 13 aromatic rings. The molecule has 294 valence electrons. The van der Waals surface area contributed by atoms with Crippen molar-refractivity contribution in [2.75, 3.05) is 0 Å². The second-order valence-corrected chi connectivity index (χ2v) is 16.2. The van der Waals surface area contributed by atoms with Gasteiger partial charge in [-0.2, -0.15) is 0 Å². The quantitative estimate of drug-likeness (QED) is 0.168. The molecule has 0 amide bonds. The van der Waals surface area contributed by atoms with E-state index in [9.17, 15) is 0 Å². The van der Waals surface area contributed by atoms with E-state index in [1.807, 2.05) is 6.07 Å². The molecule has 0 N–H and O–H groups in total. The van der Waals surface area contributed by atoms with Gasteiger partial charge in [-0.25, -0.2) is 9.97 Å². The molecule has 0 aliphatic rings. The topological polar surface area (TPSA) is 40.6 Å². The number of fused-ring (bicyclic) bond motifs is 9. The van der Waals surface area contributed by atoms with Crippen LogP contribution >= 0.6 is 0 Å². The second kappa shape index (κ2) is 14.0. The average molecular weight is 804 g/mol. The van der Waals surface area contributed by atoms with Crippen molar-refractivity contribution in [3.63, 3.8) is 0 Å². The van der Waals surface area contributed by atoms with Crippen molar-refractivity contribution in [1.82, 2.24) is 23.7 Å². The van der Waals surface area contributed by atoms with E-state index in [1.165, 1.54) is 49.2 Å². The molecule has 5 nitrogen and oxygen atoms in total. The molecule has 13 rings (SSSR count). The molecule has 0 fully saturated rings. The minimum absolute atomic E-state index is 0.618. The Morgan fingerprint density at radius 2 is 0.571 bits per heavy atom. The molecule has 0 saturated heterocycles. The third-order valence-electron chi connectivity index (χ3n) is 12.7. The fourth-order valence-corrected chi connectivity index (χ4v) is 9.80. The smallest absolute Gasteiger partial charge is 0.235 e. The summed E-state index contributed by atoms with van der Waals surface area (Å²) in [4.78, 5) is 10.8. The number of hydrogen-bond acceptors (Lipinski definition) is 2. The van der Waals surface area contributed by atoms with Crippen LogP contribution < -0.4 is 0 Å². The van der Waals surface area contributed by atoms with Crippen LogP contribution in [-0.2, 0) is 0 Å². The molecule has 9 aromatic carbocycles. The Kier molecular flexibility index (Phi) is 7.84. The highest BCUT2D eigenvalue weighted by Crippen LogP contribution is 2.40. The molecule has 0 aliphatic carbocycles. The minimum Gasteiger partial charge on any atom is -0.309 e. The van der Waals surface area contributed by atoms with E-state index in [1.54, 1.807) is 0 Å². The summed E-state index contributed by atoms with van der Waals surface area (Å²) < 4.78 is 7.05. The molecular formula is C58H37N5.